The molecule has 19 heavy (non-hydrogen) atoms. The number of carbonyl (C=O) groups excluding carboxylic acids is 1. The van der Waals surface area contributed by atoms with Crippen LogP contribution in [0.1, 0.15) is 10.4 Å². The number of nitro groups is 1. The van der Waals surface area contributed by atoms with E-state index in [1.54, 1.807) is 24.4 Å². The fourth-order valence-electron chi connectivity index (χ4n) is 1.45. The average molecular weight is 322 g/mol. The third-order valence-corrected chi connectivity index (χ3v) is 2.95. The number of hydrogen-bond acceptors (Lipinski definition) is 4. The Morgan fingerprint density at radius 1 is 1.32 bits per heavy atom. The maximum atomic E-state index is 12.0. The van der Waals surface area contributed by atoms with Gasteiger partial charge in [-0.3, -0.25) is 14.9 Å². The molecule has 0 radical (unpaired) electrons. The number of rotatable bonds is 3. The fourth-order valence-corrected chi connectivity index (χ4v) is 1.88. The Hall–Kier alpha value is -2.28. The monoisotopic (exact) mass is 321 g/mol. The predicted octanol–water partition coefficient (Wildman–Crippen LogP) is 3.00. The van der Waals surface area contributed by atoms with Crippen LogP contribution in [0.5, 0.6) is 0 Å². The Morgan fingerprint density at radius 3 is 2.79 bits per heavy atom. The molecule has 0 aliphatic rings. The molecule has 0 fully saturated rings. The van der Waals surface area contributed by atoms with Crippen molar-refractivity contribution >= 4 is 33.2 Å². The van der Waals surface area contributed by atoms with Gasteiger partial charge in [0.05, 0.1) is 10.5 Å². The van der Waals surface area contributed by atoms with Gasteiger partial charge in [-0.15, -0.1) is 0 Å². The van der Waals surface area contributed by atoms with Gasteiger partial charge >= 0.3 is 0 Å². The number of pyridine rings is 1. The molecule has 0 atom stereocenters. The number of nitrogens with one attached hydrogen (secondary N) is 1. The molecular weight excluding hydrogens is 314 g/mol. The first kappa shape index (κ1) is 13.2. The molecule has 0 unspecified atom stereocenters. The number of carbonyl (C=O) groups is 1. The zero-order valence-electron chi connectivity index (χ0n) is 9.54. The summed E-state index contributed by atoms with van der Waals surface area (Å²) >= 11 is 3.17. The number of nitrogens with zero attached hydrogens (tertiary/aromatic N) is 2. The molecule has 0 bridgehead atoms. The maximum absolute atomic E-state index is 12.0. The summed E-state index contributed by atoms with van der Waals surface area (Å²) in [6.45, 7) is 0. The number of halogens is 1. The summed E-state index contributed by atoms with van der Waals surface area (Å²) in [5.41, 5.74) is 0.631. The molecule has 0 aliphatic carbocycles. The highest BCUT2D eigenvalue weighted by Crippen LogP contribution is 2.19. The first-order valence-corrected chi connectivity index (χ1v) is 6.03. The van der Waals surface area contributed by atoms with E-state index in [4.69, 9.17) is 0 Å². The first-order chi connectivity index (χ1) is 9.08. The van der Waals surface area contributed by atoms with E-state index in [0.29, 0.717) is 15.9 Å². The number of amides is 1. The molecule has 0 aliphatic heterocycles. The minimum atomic E-state index is -0.518. The molecule has 1 amide bonds. The summed E-state index contributed by atoms with van der Waals surface area (Å²) in [6, 6.07) is 8.97. The van der Waals surface area contributed by atoms with Crippen LogP contribution in [-0.2, 0) is 0 Å². The van der Waals surface area contributed by atoms with Crippen molar-refractivity contribution in [3.8, 4) is 0 Å². The van der Waals surface area contributed by atoms with Crippen LogP contribution in [0, 0.1) is 10.1 Å². The number of non-ortho nitro benzene ring substituents is 1. The molecule has 1 aromatic heterocycles. The molecule has 1 aromatic carbocycles. The van der Waals surface area contributed by atoms with Crippen molar-refractivity contribution in [2.24, 2.45) is 0 Å². The van der Waals surface area contributed by atoms with E-state index in [1.807, 2.05) is 0 Å². The molecule has 1 heterocycles. The fraction of sp³-hybridized carbons (Fsp3) is 0. The van der Waals surface area contributed by atoms with Crippen LogP contribution < -0.4 is 5.32 Å². The topological polar surface area (TPSA) is 85.1 Å². The van der Waals surface area contributed by atoms with Crippen LogP contribution in [0.3, 0.4) is 0 Å². The summed E-state index contributed by atoms with van der Waals surface area (Å²) in [6.07, 6.45) is 1.55. The first-order valence-electron chi connectivity index (χ1n) is 5.24. The SMILES string of the molecule is O=C(Nc1cccc([N+](=O)[O-])c1)c1cccnc1Br. The van der Waals surface area contributed by atoms with Gasteiger partial charge in [-0.1, -0.05) is 6.07 Å². The van der Waals surface area contributed by atoms with Crippen LogP contribution in [0.25, 0.3) is 0 Å². The third-order valence-electron chi connectivity index (χ3n) is 2.32. The Morgan fingerprint density at radius 2 is 2.11 bits per heavy atom. The van der Waals surface area contributed by atoms with Crippen LogP contribution >= 0.6 is 15.9 Å². The van der Waals surface area contributed by atoms with Crippen LogP contribution in [0.15, 0.2) is 47.2 Å². The van der Waals surface area contributed by atoms with Gasteiger partial charge in [0.15, 0.2) is 0 Å². The largest absolute Gasteiger partial charge is 0.322 e. The summed E-state index contributed by atoms with van der Waals surface area (Å²) in [5.74, 6) is -0.388. The number of hydrogen-bond donors (Lipinski definition) is 1. The minimum Gasteiger partial charge on any atom is -0.322 e. The van der Waals surface area contributed by atoms with Crippen molar-refractivity contribution in [2.75, 3.05) is 5.32 Å². The van der Waals surface area contributed by atoms with Gasteiger partial charge in [0.25, 0.3) is 11.6 Å². The maximum Gasteiger partial charge on any atom is 0.271 e. The summed E-state index contributed by atoms with van der Waals surface area (Å²) < 4.78 is 0.415. The molecule has 6 nitrogen and oxygen atoms in total. The Kier molecular flexibility index (Phi) is 3.86. The van der Waals surface area contributed by atoms with E-state index in [9.17, 15) is 14.9 Å². The normalized spacial score (nSPS) is 9.95. The lowest BCUT2D eigenvalue weighted by atomic mass is 10.2. The summed E-state index contributed by atoms with van der Waals surface area (Å²) in [7, 11) is 0. The highest BCUT2D eigenvalue weighted by molar-refractivity contribution is 9.10. The molecule has 2 aromatic rings. The number of aromatic nitrogens is 1. The summed E-state index contributed by atoms with van der Waals surface area (Å²) in [5, 5.41) is 13.2. The lowest BCUT2D eigenvalue weighted by Crippen LogP contribution is -2.13. The van der Waals surface area contributed by atoms with E-state index in [-0.39, 0.29) is 11.6 Å². The quantitative estimate of drug-likeness (QED) is 0.535. The minimum absolute atomic E-state index is 0.0805. The number of nitro benzene ring substituents is 1. The standard InChI is InChI=1S/C12H8BrN3O3/c13-11-10(5-2-6-14-11)12(17)15-8-3-1-4-9(7-8)16(18)19/h1-7H,(H,15,17). The van der Waals surface area contributed by atoms with Crippen molar-refractivity contribution in [3.05, 3.63) is 62.9 Å². The van der Waals surface area contributed by atoms with Gasteiger partial charge in [-0.05, 0) is 34.1 Å². The Balaban J connectivity index is 2.22. The van der Waals surface area contributed by atoms with E-state index in [1.165, 1.54) is 18.2 Å². The summed E-state index contributed by atoms with van der Waals surface area (Å²) in [4.78, 5) is 26.0. The second-order valence-electron chi connectivity index (χ2n) is 3.60. The highest BCUT2D eigenvalue weighted by Gasteiger charge is 2.12. The third kappa shape index (κ3) is 3.14. The van der Waals surface area contributed by atoms with Gasteiger partial charge in [0.2, 0.25) is 0 Å². The van der Waals surface area contributed by atoms with Gasteiger partial charge in [0, 0.05) is 24.0 Å². The molecule has 0 saturated heterocycles. The second kappa shape index (κ2) is 5.57. The van der Waals surface area contributed by atoms with E-state index in [2.05, 4.69) is 26.2 Å². The van der Waals surface area contributed by atoms with E-state index < -0.39 is 4.92 Å². The lowest BCUT2D eigenvalue weighted by molar-refractivity contribution is -0.384. The Bertz CT molecular complexity index is 646. The van der Waals surface area contributed by atoms with Crippen molar-refractivity contribution in [1.82, 2.24) is 4.98 Å². The zero-order chi connectivity index (χ0) is 13.8. The van der Waals surface area contributed by atoms with Crippen LogP contribution in [0.4, 0.5) is 11.4 Å². The van der Waals surface area contributed by atoms with E-state index in [0.717, 1.165) is 0 Å². The van der Waals surface area contributed by atoms with Gasteiger partial charge in [-0.25, -0.2) is 4.98 Å². The molecule has 2 rings (SSSR count). The number of anilines is 1. The van der Waals surface area contributed by atoms with Gasteiger partial charge < -0.3 is 5.32 Å². The van der Waals surface area contributed by atoms with Crippen molar-refractivity contribution in [2.45, 2.75) is 0 Å². The predicted molar refractivity (Wildman–Crippen MR) is 73.0 cm³/mol. The molecule has 0 saturated carbocycles. The van der Waals surface area contributed by atoms with Gasteiger partial charge in [0.1, 0.15) is 4.60 Å². The highest BCUT2D eigenvalue weighted by atomic mass is 79.9. The molecular formula is C12H8BrN3O3. The van der Waals surface area contributed by atoms with Crippen molar-refractivity contribution < 1.29 is 9.72 Å². The van der Waals surface area contributed by atoms with Gasteiger partial charge in [-0.2, -0.15) is 0 Å². The molecule has 0 spiro atoms. The van der Waals surface area contributed by atoms with Crippen LogP contribution in [-0.4, -0.2) is 15.8 Å². The zero-order valence-corrected chi connectivity index (χ0v) is 11.1. The molecule has 7 heteroatoms. The van der Waals surface area contributed by atoms with Crippen molar-refractivity contribution in [3.63, 3.8) is 0 Å². The van der Waals surface area contributed by atoms with Crippen LogP contribution in [0.2, 0.25) is 0 Å². The molecule has 1 N–H and O–H groups in total. The van der Waals surface area contributed by atoms with Crippen molar-refractivity contribution in [1.29, 1.82) is 0 Å². The average Bonchev–Trinajstić information content (AvgIpc) is 2.39. The lowest BCUT2D eigenvalue weighted by Gasteiger charge is -2.05. The van der Waals surface area contributed by atoms with E-state index >= 15 is 0 Å². The second-order valence-corrected chi connectivity index (χ2v) is 4.35. The Labute approximate surface area is 116 Å². The molecule has 96 valence electrons. The smallest absolute Gasteiger partial charge is 0.271 e. The number of benzene rings is 1.